The Morgan fingerprint density at radius 3 is 2.54 bits per heavy atom. The van der Waals surface area contributed by atoms with Gasteiger partial charge in [0.15, 0.2) is 5.78 Å². The number of esters is 1. The molecule has 1 aromatic heterocycles. The fraction of sp³-hybridized carbons (Fsp3) is 0.651. The van der Waals surface area contributed by atoms with Crippen molar-refractivity contribution >= 4 is 44.4 Å². The molecule has 4 fully saturated rings. The second-order valence-electron chi connectivity index (χ2n) is 18.0. The third-order valence-electron chi connectivity index (χ3n) is 13.2. The summed E-state index contributed by atoms with van der Waals surface area (Å²) in [7, 11) is -3.94. The number of nitrogens with zero attached hydrogens (tertiary/aromatic N) is 2. The summed E-state index contributed by atoms with van der Waals surface area (Å²) >= 11 is 0. The minimum atomic E-state index is -3.94. The first-order valence-corrected chi connectivity index (χ1v) is 21.9. The quantitative estimate of drug-likeness (QED) is 0.202. The first kappa shape index (κ1) is 40.2. The van der Waals surface area contributed by atoms with Gasteiger partial charge in [-0.2, -0.15) is 0 Å². The van der Waals surface area contributed by atoms with E-state index in [0.717, 1.165) is 36.5 Å². The number of ether oxygens (including phenoxy) is 3. The number of allylic oxidation sites excluding steroid dienone is 2. The van der Waals surface area contributed by atoms with Crippen LogP contribution in [0.15, 0.2) is 42.6 Å². The van der Waals surface area contributed by atoms with Gasteiger partial charge in [0.25, 0.3) is 0 Å². The van der Waals surface area contributed by atoms with Crippen molar-refractivity contribution in [3.63, 3.8) is 0 Å². The highest BCUT2D eigenvalue weighted by Crippen LogP contribution is 2.58. The number of amides is 2. The first-order chi connectivity index (χ1) is 26.6. The minimum absolute atomic E-state index is 0.00896. The normalized spacial score (nSPS) is 31.6. The van der Waals surface area contributed by atoms with E-state index in [-0.39, 0.29) is 60.7 Å². The van der Waals surface area contributed by atoms with Crippen LogP contribution in [0, 0.1) is 34.5 Å². The molecule has 3 saturated carbocycles. The largest absolute Gasteiger partial charge is 0.494 e. The maximum atomic E-state index is 14.9. The number of carbonyl (C=O) groups excluding carboxylic acids is 4. The lowest BCUT2D eigenvalue weighted by Gasteiger charge is -2.32. The van der Waals surface area contributed by atoms with E-state index in [4.69, 9.17) is 14.2 Å². The number of hydrogen-bond acceptors (Lipinski definition) is 10. The van der Waals surface area contributed by atoms with Crippen LogP contribution in [0.5, 0.6) is 11.6 Å². The highest BCUT2D eigenvalue weighted by atomic mass is 32.2. The molecule has 304 valence electrons. The van der Waals surface area contributed by atoms with Crippen molar-refractivity contribution in [1.82, 2.24) is 14.6 Å². The van der Waals surface area contributed by atoms with Gasteiger partial charge in [0.05, 0.1) is 48.3 Å². The fourth-order valence-corrected chi connectivity index (χ4v) is 9.91. The second-order valence-corrected chi connectivity index (χ2v) is 20.2. The molecule has 2 amide bonds. The Kier molecular flexibility index (Phi) is 11.1. The van der Waals surface area contributed by atoms with Crippen molar-refractivity contribution in [2.45, 2.75) is 122 Å². The maximum Gasteiger partial charge on any atom is 0.306 e. The molecule has 1 aromatic carbocycles. The van der Waals surface area contributed by atoms with Gasteiger partial charge in [-0.15, -0.1) is 0 Å². The van der Waals surface area contributed by atoms with Gasteiger partial charge in [0.1, 0.15) is 11.9 Å². The molecule has 13 heteroatoms. The second kappa shape index (κ2) is 15.4. The molecular formula is C43H57N3O9S. The Morgan fingerprint density at radius 2 is 1.82 bits per heavy atom. The van der Waals surface area contributed by atoms with Gasteiger partial charge >= 0.3 is 5.97 Å². The van der Waals surface area contributed by atoms with Gasteiger partial charge in [-0.3, -0.25) is 23.9 Å². The van der Waals surface area contributed by atoms with Gasteiger partial charge in [-0.25, -0.2) is 13.4 Å². The minimum Gasteiger partial charge on any atom is -0.494 e. The predicted octanol–water partition coefficient (Wildman–Crippen LogP) is 6.31. The number of sulfonamides is 1. The molecule has 5 aliphatic rings. The molecule has 1 N–H and O–H groups in total. The smallest absolute Gasteiger partial charge is 0.306 e. The van der Waals surface area contributed by atoms with Crippen LogP contribution in [-0.4, -0.2) is 78.5 Å². The van der Waals surface area contributed by atoms with Gasteiger partial charge in [-0.05, 0) is 113 Å². The standard InChI is InChI=1S/C43H57N3O9S/c1-6-53-31-11-12-33-29(20-31)13-18-44-38(33)55-32-21-35-36(47)24-43(40(50)45-56(51,52)42(5)16-17-42)23-30(43)10-8-7-9-27(2)19-28(3)34(39(49)46(35)25-32)22-37(48)54-26-41(4)14-15-41/h8,10-13,18,20,27-28,30,32,34-35H,6-7,9,14-17,19,21-26H2,1-5H3,(H,45,50)/b10-8-/t27-,28-,30-,32-,34+,35+,43-/m1/s1. The Morgan fingerprint density at radius 1 is 1.05 bits per heavy atom. The van der Waals surface area contributed by atoms with Crippen LogP contribution in [0.1, 0.15) is 105 Å². The van der Waals surface area contributed by atoms with E-state index in [9.17, 15) is 27.6 Å². The average Bonchev–Trinajstić information content (AvgIpc) is 4.11. The summed E-state index contributed by atoms with van der Waals surface area (Å²) in [5, 5.41) is 1.61. The van der Waals surface area contributed by atoms with E-state index in [1.807, 2.05) is 50.3 Å². The molecule has 2 aromatic rings. The summed E-state index contributed by atoms with van der Waals surface area (Å²) < 4.78 is 45.8. The van der Waals surface area contributed by atoms with Crippen molar-refractivity contribution in [2.24, 2.45) is 34.5 Å². The molecule has 2 aliphatic heterocycles. The molecule has 7 atom stereocenters. The summed E-state index contributed by atoms with van der Waals surface area (Å²) in [6.07, 6.45) is 10.3. The SMILES string of the molecule is CCOc1ccc2c(O[C@@H]3C[C@H]4C(=O)C[C@]5(C(=O)NS(=O)(=O)C6(C)CC6)C[C@H]5/C=C\CC[C@@H](C)C[C@@H](C)[C@H](CC(=O)OCC5(C)CC5)C(=O)N4C3)nccc2c1. The van der Waals surface area contributed by atoms with Crippen molar-refractivity contribution < 1.29 is 41.8 Å². The zero-order valence-electron chi connectivity index (χ0n) is 33.4. The molecule has 1 saturated heterocycles. The number of benzene rings is 1. The molecule has 3 aliphatic carbocycles. The number of carbonyl (C=O) groups is 4. The molecule has 0 unspecified atom stereocenters. The highest BCUT2D eigenvalue weighted by molar-refractivity contribution is 7.91. The number of nitrogens with one attached hydrogen (secondary N) is 1. The zero-order chi connectivity index (χ0) is 40.0. The molecule has 7 rings (SSSR count). The number of pyridine rings is 1. The number of fused-ring (bicyclic) bond motifs is 3. The van der Waals surface area contributed by atoms with Crippen LogP contribution >= 0.6 is 0 Å². The average molecular weight is 792 g/mol. The van der Waals surface area contributed by atoms with Crippen molar-refractivity contribution in [3.05, 3.63) is 42.6 Å². The Bertz CT molecular complexity index is 2010. The number of aromatic nitrogens is 1. The van der Waals surface area contributed by atoms with Crippen LogP contribution in [0.2, 0.25) is 0 Å². The summed E-state index contributed by atoms with van der Waals surface area (Å²) in [5.41, 5.74) is -1.26. The van der Waals surface area contributed by atoms with Gasteiger partial charge in [0.2, 0.25) is 27.7 Å². The van der Waals surface area contributed by atoms with E-state index in [1.165, 1.54) is 0 Å². The van der Waals surface area contributed by atoms with Crippen LogP contribution in [-0.2, 0) is 33.9 Å². The number of rotatable bonds is 11. The van der Waals surface area contributed by atoms with Gasteiger partial charge in [-0.1, -0.05) is 32.9 Å². The van der Waals surface area contributed by atoms with Gasteiger partial charge < -0.3 is 19.1 Å². The van der Waals surface area contributed by atoms with E-state index < -0.39 is 50.1 Å². The van der Waals surface area contributed by atoms with Crippen LogP contribution in [0.4, 0.5) is 0 Å². The summed E-state index contributed by atoms with van der Waals surface area (Å²) in [6.45, 7) is 10.7. The van der Waals surface area contributed by atoms with E-state index in [2.05, 4.69) is 23.6 Å². The summed E-state index contributed by atoms with van der Waals surface area (Å²) in [4.78, 5) is 63.0. The molecule has 56 heavy (non-hydrogen) atoms. The lowest BCUT2D eigenvalue weighted by Crippen LogP contribution is -2.48. The zero-order valence-corrected chi connectivity index (χ0v) is 34.2. The predicted molar refractivity (Wildman–Crippen MR) is 210 cm³/mol. The Hall–Kier alpha value is -4.00. The van der Waals surface area contributed by atoms with Gasteiger partial charge in [0, 0.05) is 29.8 Å². The topological polar surface area (TPSA) is 158 Å². The van der Waals surface area contributed by atoms with Crippen LogP contribution in [0.3, 0.4) is 0 Å². The first-order valence-electron chi connectivity index (χ1n) is 20.5. The summed E-state index contributed by atoms with van der Waals surface area (Å²) in [6, 6.07) is 6.53. The third kappa shape index (κ3) is 8.48. The number of hydrogen-bond donors (Lipinski definition) is 1. The molecule has 3 heterocycles. The lowest BCUT2D eigenvalue weighted by atomic mass is 9.82. The Balaban J connectivity index is 1.20. The highest BCUT2D eigenvalue weighted by Gasteiger charge is 2.62. The van der Waals surface area contributed by atoms with Crippen LogP contribution in [0.25, 0.3) is 10.8 Å². The number of ketones is 1. The monoisotopic (exact) mass is 791 g/mol. The number of Topliss-reactive ketones (excluding diaryl/α,β-unsaturated/α-hetero) is 1. The fourth-order valence-electron chi connectivity index (χ4n) is 8.57. The maximum absolute atomic E-state index is 14.9. The third-order valence-corrected chi connectivity index (χ3v) is 15.3. The summed E-state index contributed by atoms with van der Waals surface area (Å²) in [5.74, 6) is -1.71. The van der Waals surface area contributed by atoms with Crippen molar-refractivity contribution in [3.8, 4) is 11.6 Å². The van der Waals surface area contributed by atoms with Crippen molar-refractivity contribution in [2.75, 3.05) is 19.8 Å². The van der Waals surface area contributed by atoms with Crippen molar-refractivity contribution in [1.29, 1.82) is 0 Å². The molecule has 0 spiro atoms. The van der Waals surface area contributed by atoms with E-state index in [0.29, 0.717) is 50.5 Å². The molecular weight excluding hydrogens is 735 g/mol. The Labute approximate surface area is 330 Å². The van der Waals surface area contributed by atoms with E-state index >= 15 is 0 Å². The molecule has 12 nitrogen and oxygen atoms in total. The molecule has 0 bridgehead atoms. The lowest BCUT2D eigenvalue weighted by molar-refractivity contribution is -0.152. The van der Waals surface area contributed by atoms with E-state index in [1.54, 1.807) is 18.0 Å². The molecule has 0 radical (unpaired) electrons. The van der Waals surface area contributed by atoms with Crippen LogP contribution < -0.4 is 14.2 Å².